The lowest BCUT2D eigenvalue weighted by Gasteiger charge is -2.23. The summed E-state index contributed by atoms with van der Waals surface area (Å²) in [5.41, 5.74) is 0.290. The van der Waals surface area contributed by atoms with Crippen molar-refractivity contribution in [1.29, 1.82) is 0 Å². The highest BCUT2D eigenvalue weighted by atomic mass is 32.2. The number of aromatic nitrogens is 2. The number of rotatable bonds is 6. The summed E-state index contributed by atoms with van der Waals surface area (Å²) in [6.45, 7) is 3.50. The van der Waals surface area contributed by atoms with Crippen molar-refractivity contribution in [3.8, 4) is 0 Å². The van der Waals surface area contributed by atoms with E-state index in [-0.39, 0.29) is 22.4 Å². The molecule has 0 aliphatic heterocycles. The van der Waals surface area contributed by atoms with E-state index >= 15 is 0 Å². The number of nitrogens with zero attached hydrogens (tertiary/aromatic N) is 2. The number of anilines is 1. The maximum atomic E-state index is 12.7. The van der Waals surface area contributed by atoms with Crippen LogP contribution in [-0.4, -0.2) is 30.1 Å². The second-order valence-corrected chi connectivity index (χ2v) is 8.92. The Labute approximate surface area is 160 Å². The van der Waals surface area contributed by atoms with Gasteiger partial charge in [-0.1, -0.05) is 25.3 Å². The fourth-order valence-corrected chi connectivity index (χ4v) is 4.70. The molecule has 1 aliphatic carbocycles. The van der Waals surface area contributed by atoms with Crippen LogP contribution < -0.4 is 10.0 Å². The Hall–Kier alpha value is -2.19. The third-order valence-electron chi connectivity index (χ3n) is 4.63. The first-order chi connectivity index (χ1) is 12.9. The number of nitrogens with one attached hydrogen (secondary N) is 2. The van der Waals surface area contributed by atoms with Crippen molar-refractivity contribution in [3.63, 3.8) is 0 Å². The van der Waals surface area contributed by atoms with Crippen molar-refractivity contribution in [2.24, 2.45) is 0 Å². The van der Waals surface area contributed by atoms with E-state index in [2.05, 4.69) is 15.1 Å². The van der Waals surface area contributed by atoms with E-state index in [9.17, 15) is 13.2 Å². The summed E-state index contributed by atoms with van der Waals surface area (Å²) in [6, 6.07) is 7.89. The lowest BCUT2D eigenvalue weighted by molar-refractivity contribution is 0.102. The van der Waals surface area contributed by atoms with Crippen molar-refractivity contribution in [1.82, 2.24) is 14.5 Å². The van der Waals surface area contributed by atoms with Crippen LogP contribution in [0.2, 0.25) is 0 Å². The number of hydrogen-bond acceptors (Lipinski definition) is 4. The average molecular weight is 391 g/mol. The second kappa shape index (κ2) is 8.22. The highest BCUT2D eigenvalue weighted by molar-refractivity contribution is 7.89. The Morgan fingerprint density at radius 2 is 1.93 bits per heavy atom. The first-order valence-electron chi connectivity index (χ1n) is 9.34. The molecule has 0 spiro atoms. The molecular weight excluding hydrogens is 364 g/mol. The molecule has 1 fully saturated rings. The van der Waals surface area contributed by atoms with Gasteiger partial charge < -0.3 is 5.32 Å². The molecule has 2 N–H and O–H groups in total. The molecule has 1 aromatic heterocycles. The van der Waals surface area contributed by atoms with Gasteiger partial charge in [0, 0.05) is 17.7 Å². The quantitative estimate of drug-likeness (QED) is 0.791. The Morgan fingerprint density at radius 3 is 2.63 bits per heavy atom. The van der Waals surface area contributed by atoms with Gasteiger partial charge >= 0.3 is 0 Å². The van der Waals surface area contributed by atoms with Crippen molar-refractivity contribution in [3.05, 3.63) is 42.1 Å². The number of benzene rings is 1. The van der Waals surface area contributed by atoms with E-state index in [0.29, 0.717) is 11.9 Å². The molecule has 1 heterocycles. The molecule has 1 aromatic carbocycles. The molecular formula is C19H26N4O3S. The van der Waals surface area contributed by atoms with E-state index < -0.39 is 10.0 Å². The minimum absolute atomic E-state index is 0.0737. The van der Waals surface area contributed by atoms with Gasteiger partial charge in [-0.15, -0.1) is 0 Å². The molecule has 0 atom stereocenters. The van der Waals surface area contributed by atoms with Gasteiger partial charge in [0.1, 0.15) is 5.82 Å². The molecule has 0 saturated heterocycles. The Balaban J connectivity index is 1.78. The normalized spacial score (nSPS) is 15.8. The molecule has 146 valence electrons. The van der Waals surface area contributed by atoms with Gasteiger partial charge in [0.15, 0.2) is 0 Å². The van der Waals surface area contributed by atoms with Crippen LogP contribution in [-0.2, 0) is 10.0 Å². The molecule has 0 bridgehead atoms. The maximum absolute atomic E-state index is 12.7. The fraction of sp³-hybridized carbons (Fsp3) is 0.474. The van der Waals surface area contributed by atoms with Crippen LogP contribution >= 0.6 is 0 Å². The average Bonchev–Trinajstić information content (AvgIpc) is 3.09. The molecule has 3 rings (SSSR count). The topological polar surface area (TPSA) is 93.1 Å². The maximum Gasteiger partial charge on any atom is 0.256 e. The number of sulfonamides is 1. The molecule has 27 heavy (non-hydrogen) atoms. The van der Waals surface area contributed by atoms with Gasteiger partial charge in [0.05, 0.1) is 17.1 Å². The molecule has 7 nitrogen and oxygen atoms in total. The molecule has 0 radical (unpaired) electrons. The van der Waals surface area contributed by atoms with Crippen LogP contribution in [0.15, 0.2) is 41.4 Å². The van der Waals surface area contributed by atoms with Crippen LogP contribution in [0, 0.1) is 0 Å². The molecule has 2 aromatic rings. The zero-order valence-electron chi connectivity index (χ0n) is 15.7. The summed E-state index contributed by atoms with van der Waals surface area (Å²) in [5, 5.41) is 7.24. The van der Waals surface area contributed by atoms with Gasteiger partial charge in [-0.25, -0.2) is 17.8 Å². The second-order valence-electron chi connectivity index (χ2n) is 7.21. The van der Waals surface area contributed by atoms with Gasteiger partial charge in [0.2, 0.25) is 10.0 Å². The SMILES string of the molecule is CC(C)NS(=O)(=O)c1cccc(C(=O)Nc2ccnn2C2CCCCC2)c1. The standard InChI is InChI=1S/C19H26N4O3S/c1-14(2)22-27(25,26)17-10-6-7-15(13-17)19(24)21-18-11-12-20-23(18)16-8-4-3-5-9-16/h6-7,10-14,16,22H,3-5,8-9H2,1-2H3,(H,21,24). The van der Waals surface area contributed by atoms with Gasteiger partial charge in [-0.05, 0) is 44.9 Å². The zero-order chi connectivity index (χ0) is 19.4. The summed E-state index contributed by atoms with van der Waals surface area (Å²) in [4.78, 5) is 12.8. The molecule has 1 amide bonds. The van der Waals surface area contributed by atoms with Crippen LogP contribution in [0.5, 0.6) is 0 Å². The van der Waals surface area contributed by atoms with E-state index in [1.54, 1.807) is 38.2 Å². The zero-order valence-corrected chi connectivity index (χ0v) is 16.5. The van der Waals surface area contributed by atoms with Crippen LogP contribution in [0.3, 0.4) is 0 Å². The predicted molar refractivity (Wildman–Crippen MR) is 104 cm³/mol. The summed E-state index contributed by atoms with van der Waals surface area (Å²) < 4.78 is 29.1. The third-order valence-corrected chi connectivity index (χ3v) is 6.29. The minimum atomic E-state index is -3.65. The number of carbonyl (C=O) groups excluding carboxylic acids is 1. The summed E-state index contributed by atoms with van der Waals surface area (Å²) >= 11 is 0. The summed E-state index contributed by atoms with van der Waals surface area (Å²) in [7, 11) is -3.65. The van der Waals surface area contributed by atoms with E-state index in [1.165, 1.54) is 31.4 Å². The van der Waals surface area contributed by atoms with Gasteiger partial charge in [-0.2, -0.15) is 5.10 Å². The first-order valence-corrected chi connectivity index (χ1v) is 10.8. The summed E-state index contributed by atoms with van der Waals surface area (Å²) in [5.74, 6) is 0.287. The summed E-state index contributed by atoms with van der Waals surface area (Å²) in [6.07, 6.45) is 7.36. The largest absolute Gasteiger partial charge is 0.307 e. The highest BCUT2D eigenvalue weighted by Gasteiger charge is 2.21. The number of amides is 1. The molecule has 8 heteroatoms. The van der Waals surface area contributed by atoms with Crippen LogP contribution in [0.25, 0.3) is 0 Å². The third kappa shape index (κ3) is 4.75. The highest BCUT2D eigenvalue weighted by Crippen LogP contribution is 2.30. The number of carbonyl (C=O) groups is 1. The van der Waals surface area contributed by atoms with Crippen molar-refractivity contribution in [2.45, 2.75) is 62.9 Å². The molecule has 0 unspecified atom stereocenters. The van der Waals surface area contributed by atoms with E-state index in [0.717, 1.165) is 12.8 Å². The number of hydrogen-bond donors (Lipinski definition) is 2. The van der Waals surface area contributed by atoms with E-state index in [4.69, 9.17) is 0 Å². The molecule has 1 aliphatic rings. The van der Waals surface area contributed by atoms with Gasteiger partial charge in [-0.3, -0.25) is 4.79 Å². The lowest BCUT2D eigenvalue weighted by atomic mass is 9.96. The van der Waals surface area contributed by atoms with E-state index in [1.807, 2.05) is 4.68 Å². The Bertz CT molecular complexity index is 899. The first kappa shape index (κ1) is 19.6. The molecule has 1 saturated carbocycles. The lowest BCUT2D eigenvalue weighted by Crippen LogP contribution is -2.30. The van der Waals surface area contributed by atoms with Crippen molar-refractivity contribution in [2.75, 3.05) is 5.32 Å². The Morgan fingerprint density at radius 1 is 1.19 bits per heavy atom. The van der Waals surface area contributed by atoms with Crippen molar-refractivity contribution >= 4 is 21.7 Å². The monoisotopic (exact) mass is 390 g/mol. The fourth-order valence-electron chi connectivity index (χ4n) is 3.40. The minimum Gasteiger partial charge on any atom is -0.307 e. The Kier molecular flexibility index (Phi) is 5.96. The van der Waals surface area contributed by atoms with Crippen LogP contribution in [0.1, 0.15) is 62.4 Å². The smallest absolute Gasteiger partial charge is 0.256 e. The predicted octanol–water partition coefficient (Wildman–Crippen LogP) is 3.33. The van der Waals surface area contributed by atoms with Crippen molar-refractivity contribution < 1.29 is 13.2 Å². The van der Waals surface area contributed by atoms with Crippen LogP contribution in [0.4, 0.5) is 5.82 Å². The van der Waals surface area contributed by atoms with Gasteiger partial charge in [0.25, 0.3) is 5.91 Å².